The van der Waals surface area contributed by atoms with Crippen LogP contribution in [0, 0.1) is 18.8 Å². The van der Waals surface area contributed by atoms with Crippen molar-refractivity contribution in [2.45, 2.75) is 52.6 Å². The highest BCUT2D eigenvalue weighted by atomic mass is 79.9. The highest BCUT2D eigenvalue weighted by molar-refractivity contribution is 9.10. The zero-order chi connectivity index (χ0) is 13.1. The molecular formula is C16H24BrN. The van der Waals surface area contributed by atoms with E-state index in [9.17, 15) is 0 Å². The molecule has 3 unspecified atom stereocenters. The summed E-state index contributed by atoms with van der Waals surface area (Å²) in [5.74, 6) is 1.76. The third kappa shape index (κ3) is 3.58. The Bertz CT molecular complexity index is 402. The minimum atomic E-state index is 0.705. The molecule has 0 bridgehead atoms. The van der Waals surface area contributed by atoms with Crippen molar-refractivity contribution in [3.05, 3.63) is 33.8 Å². The van der Waals surface area contributed by atoms with Gasteiger partial charge in [-0.3, -0.25) is 0 Å². The Hall–Kier alpha value is -0.340. The summed E-state index contributed by atoms with van der Waals surface area (Å²) in [7, 11) is 0. The van der Waals surface area contributed by atoms with E-state index in [1.54, 1.807) is 0 Å². The fourth-order valence-corrected chi connectivity index (χ4v) is 3.17. The third-order valence-corrected chi connectivity index (χ3v) is 5.28. The molecule has 3 atom stereocenters. The molecule has 18 heavy (non-hydrogen) atoms. The number of halogens is 1. The maximum absolute atomic E-state index is 3.71. The van der Waals surface area contributed by atoms with Gasteiger partial charge in [0.25, 0.3) is 0 Å². The van der Waals surface area contributed by atoms with Gasteiger partial charge in [0.15, 0.2) is 0 Å². The molecule has 0 aliphatic heterocycles. The van der Waals surface area contributed by atoms with Crippen LogP contribution in [0.2, 0.25) is 0 Å². The van der Waals surface area contributed by atoms with E-state index in [4.69, 9.17) is 0 Å². The van der Waals surface area contributed by atoms with E-state index in [2.05, 4.69) is 60.2 Å². The van der Waals surface area contributed by atoms with Gasteiger partial charge < -0.3 is 5.32 Å². The predicted molar refractivity (Wildman–Crippen MR) is 81.7 cm³/mol. The van der Waals surface area contributed by atoms with E-state index >= 15 is 0 Å². The topological polar surface area (TPSA) is 12.0 Å². The molecule has 1 nitrogen and oxygen atoms in total. The molecular weight excluding hydrogens is 286 g/mol. The van der Waals surface area contributed by atoms with Crippen LogP contribution in [0.15, 0.2) is 22.7 Å². The van der Waals surface area contributed by atoms with Crippen molar-refractivity contribution >= 4 is 15.9 Å². The van der Waals surface area contributed by atoms with Gasteiger partial charge in [-0.15, -0.1) is 0 Å². The smallest absolute Gasteiger partial charge is 0.0208 e. The van der Waals surface area contributed by atoms with E-state index in [0.717, 1.165) is 18.4 Å². The molecule has 1 fully saturated rings. The Morgan fingerprint density at radius 2 is 2.00 bits per heavy atom. The lowest BCUT2D eigenvalue weighted by molar-refractivity contribution is 0.225. The summed E-state index contributed by atoms with van der Waals surface area (Å²) < 4.78 is 1.22. The van der Waals surface area contributed by atoms with Crippen molar-refractivity contribution in [2.24, 2.45) is 11.8 Å². The quantitative estimate of drug-likeness (QED) is 0.855. The summed E-state index contributed by atoms with van der Waals surface area (Å²) in [5, 5.41) is 3.71. The second-order valence-electron chi connectivity index (χ2n) is 5.93. The molecule has 0 saturated heterocycles. The molecule has 100 valence electrons. The Morgan fingerprint density at radius 3 is 2.67 bits per heavy atom. The first kappa shape index (κ1) is 14.1. The standard InChI is InChI=1S/C16H24BrN/c1-11-5-7-15(8-13(11)3)18-10-14-6-4-12(2)16(17)9-14/h4,6,9,11,13,15,18H,5,7-8,10H2,1-3H3. The van der Waals surface area contributed by atoms with Gasteiger partial charge in [0, 0.05) is 17.1 Å². The maximum atomic E-state index is 3.71. The average molecular weight is 310 g/mol. The molecule has 0 radical (unpaired) electrons. The van der Waals surface area contributed by atoms with Gasteiger partial charge in [0.1, 0.15) is 0 Å². The highest BCUT2D eigenvalue weighted by Gasteiger charge is 2.23. The molecule has 0 heterocycles. The molecule has 1 saturated carbocycles. The van der Waals surface area contributed by atoms with Crippen LogP contribution in [0.3, 0.4) is 0 Å². The molecule has 1 aromatic rings. The minimum Gasteiger partial charge on any atom is -0.310 e. The number of hydrogen-bond acceptors (Lipinski definition) is 1. The normalized spacial score (nSPS) is 28.3. The van der Waals surface area contributed by atoms with Gasteiger partial charge >= 0.3 is 0 Å². The lowest BCUT2D eigenvalue weighted by Crippen LogP contribution is -2.35. The first-order valence-corrected chi connectivity index (χ1v) is 7.84. The molecule has 1 N–H and O–H groups in total. The van der Waals surface area contributed by atoms with Gasteiger partial charge in [0.2, 0.25) is 0 Å². The lowest BCUT2D eigenvalue weighted by atomic mass is 9.79. The molecule has 1 aliphatic carbocycles. The van der Waals surface area contributed by atoms with E-state index in [1.165, 1.54) is 34.9 Å². The fourth-order valence-electron chi connectivity index (χ4n) is 2.74. The summed E-state index contributed by atoms with van der Waals surface area (Å²) in [4.78, 5) is 0. The largest absolute Gasteiger partial charge is 0.310 e. The molecule has 1 aliphatic rings. The SMILES string of the molecule is Cc1ccc(CNC2CCC(C)C(C)C2)cc1Br. The summed E-state index contributed by atoms with van der Waals surface area (Å²) in [6.45, 7) is 7.90. The fraction of sp³-hybridized carbons (Fsp3) is 0.625. The van der Waals surface area contributed by atoms with E-state index < -0.39 is 0 Å². The summed E-state index contributed by atoms with van der Waals surface area (Å²) in [6.07, 6.45) is 4.03. The monoisotopic (exact) mass is 309 g/mol. The molecule has 0 aromatic heterocycles. The van der Waals surface area contributed by atoms with Crippen molar-refractivity contribution < 1.29 is 0 Å². The molecule has 2 heteroatoms. The molecule has 2 rings (SSSR count). The number of nitrogens with one attached hydrogen (secondary N) is 1. The van der Waals surface area contributed by atoms with Gasteiger partial charge in [-0.2, -0.15) is 0 Å². The first-order chi connectivity index (χ1) is 8.56. The summed E-state index contributed by atoms with van der Waals surface area (Å²) in [5.41, 5.74) is 2.68. The second-order valence-corrected chi connectivity index (χ2v) is 6.78. The van der Waals surface area contributed by atoms with E-state index in [0.29, 0.717) is 6.04 Å². The van der Waals surface area contributed by atoms with Crippen molar-refractivity contribution in [3.8, 4) is 0 Å². The molecule has 0 amide bonds. The zero-order valence-electron chi connectivity index (χ0n) is 11.7. The van der Waals surface area contributed by atoms with Crippen LogP contribution in [0.25, 0.3) is 0 Å². The van der Waals surface area contributed by atoms with Crippen molar-refractivity contribution in [1.82, 2.24) is 5.32 Å². The molecule has 1 aromatic carbocycles. The van der Waals surface area contributed by atoms with Crippen LogP contribution in [0.5, 0.6) is 0 Å². The van der Waals surface area contributed by atoms with Crippen LogP contribution in [0.1, 0.15) is 44.2 Å². The second kappa shape index (κ2) is 6.21. The van der Waals surface area contributed by atoms with Gasteiger partial charge in [0.05, 0.1) is 0 Å². The van der Waals surface area contributed by atoms with Gasteiger partial charge in [-0.05, 0) is 55.2 Å². The van der Waals surface area contributed by atoms with Crippen LogP contribution in [-0.2, 0) is 6.54 Å². The summed E-state index contributed by atoms with van der Waals surface area (Å²) >= 11 is 3.60. The van der Waals surface area contributed by atoms with E-state index in [1.807, 2.05) is 0 Å². The number of rotatable bonds is 3. The summed E-state index contributed by atoms with van der Waals surface area (Å²) in [6, 6.07) is 7.35. The van der Waals surface area contributed by atoms with Crippen molar-refractivity contribution in [1.29, 1.82) is 0 Å². The van der Waals surface area contributed by atoms with Crippen molar-refractivity contribution in [2.75, 3.05) is 0 Å². The molecule has 0 spiro atoms. The zero-order valence-corrected chi connectivity index (χ0v) is 13.3. The van der Waals surface area contributed by atoms with Crippen LogP contribution in [0.4, 0.5) is 0 Å². The maximum Gasteiger partial charge on any atom is 0.0208 e. The van der Waals surface area contributed by atoms with Gasteiger partial charge in [-0.1, -0.05) is 41.9 Å². The number of benzene rings is 1. The van der Waals surface area contributed by atoms with Crippen molar-refractivity contribution in [3.63, 3.8) is 0 Å². The average Bonchev–Trinajstić information content (AvgIpc) is 2.35. The van der Waals surface area contributed by atoms with Crippen LogP contribution in [-0.4, -0.2) is 6.04 Å². The van der Waals surface area contributed by atoms with Crippen LogP contribution < -0.4 is 5.32 Å². The third-order valence-electron chi connectivity index (χ3n) is 4.43. The predicted octanol–water partition coefficient (Wildman–Crippen LogP) is 4.67. The Morgan fingerprint density at radius 1 is 1.22 bits per heavy atom. The van der Waals surface area contributed by atoms with Gasteiger partial charge in [-0.25, -0.2) is 0 Å². The first-order valence-electron chi connectivity index (χ1n) is 7.04. The Labute approximate surface area is 119 Å². The Balaban J connectivity index is 1.86. The number of aryl methyl sites for hydroxylation is 1. The Kier molecular flexibility index (Phi) is 4.85. The van der Waals surface area contributed by atoms with Crippen LogP contribution >= 0.6 is 15.9 Å². The van der Waals surface area contributed by atoms with E-state index in [-0.39, 0.29) is 0 Å². The minimum absolute atomic E-state index is 0.705. The highest BCUT2D eigenvalue weighted by Crippen LogP contribution is 2.29. The number of hydrogen-bond donors (Lipinski definition) is 1. The lowest BCUT2D eigenvalue weighted by Gasteiger charge is -2.32.